The number of carboxylic acids is 1. The second kappa shape index (κ2) is 8.26. The van der Waals surface area contributed by atoms with Crippen molar-refractivity contribution in [2.24, 2.45) is 0 Å². The molecule has 3 aromatic rings. The van der Waals surface area contributed by atoms with Crippen LogP contribution in [-0.2, 0) is 0 Å². The minimum absolute atomic E-state index is 0.127. The van der Waals surface area contributed by atoms with Crippen LogP contribution in [-0.4, -0.2) is 55.4 Å². The van der Waals surface area contributed by atoms with Gasteiger partial charge >= 0.3 is 5.97 Å². The van der Waals surface area contributed by atoms with Crippen LogP contribution in [0.2, 0.25) is 0 Å². The average molecular weight is 424 g/mol. The Labute approximate surface area is 179 Å². The van der Waals surface area contributed by atoms with Gasteiger partial charge in [0.05, 0.1) is 17.3 Å². The standard InChI is InChI=1S/C22H25N5O2S/c28-21(29)17-13-23-27(14-17)22-24-19-7-6-16(15-4-2-1-3-5-15)12-18(19)20(25-22)26-8-10-30-11-9-26/h6-7,12-15H,1-5,8-11H2,(H,28,29). The van der Waals surface area contributed by atoms with Crippen LogP contribution < -0.4 is 4.90 Å². The van der Waals surface area contributed by atoms with Gasteiger partial charge < -0.3 is 10.0 Å². The first kappa shape index (κ1) is 19.4. The summed E-state index contributed by atoms with van der Waals surface area (Å²) in [5.41, 5.74) is 2.39. The Morgan fingerprint density at radius 2 is 1.90 bits per heavy atom. The van der Waals surface area contributed by atoms with Gasteiger partial charge in [0.2, 0.25) is 0 Å². The summed E-state index contributed by atoms with van der Waals surface area (Å²) in [5.74, 6) is 3.11. The van der Waals surface area contributed by atoms with E-state index in [1.165, 1.54) is 54.7 Å². The van der Waals surface area contributed by atoms with Gasteiger partial charge in [-0.25, -0.2) is 14.5 Å². The summed E-state index contributed by atoms with van der Waals surface area (Å²) in [6.45, 7) is 1.90. The summed E-state index contributed by atoms with van der Waals surface area (Å²) in [6.07, 6.45) is 9.26. The third-order valence-corrected chi connectivity index (χ3v) is 7.05. The highest BCUT2D eigenvalue weighted by atomic mass is 32.2. The number of fused-ring (bicyclic) bond motifs is 1. The molecule has 0 radical (unpaired) electrons. The zero-order valence-electron chi connectivity index (χ0n) is 16.8. The van der Waals surface area contributed by atoms with Gasteiger partial charge in [-0.05, 0) is 36.5 Å². The first-order chi connectivity index (χ1) is 14.7. The number of benzene rings is 1. The van der Waals surface area contributed by atoms with E-state index in [4.69, 9.17) is 9.97 Å². The molecule has 5 rings (SSSR count). The van der Waals surface area contributed by atoms with Crippen molar-refractivity contribution in [1.29, 1.82) is 0 Å². The first-order valence-corrected chi connectivity index (χ1v) is 11.8. The van der Waals surface area contributed by atoms with Crippen molar-refractivity contribution in [3.8, 4) is 5.95 Å². The van der Waals surface area contributed by atoms with Crippen molar-refractivity contribution in [3.05, 3.63) is 41.7 Å². The number of aromatic carboxylic acids is 1. The zero-order valence-corrected chi connectivity index (χ0v) is 17.6. The molecule has 2 aliphatic rings. The Hall–Kier alpha value is -2.61. The lowest BCUT2D eigenvalue weighted by Gasteiger charge is -2.29. The first-order valence-electron chi connectivity index (χ1n) is 10.6. The smallest absolute Gasteiger partial charge is 0.338 e. The maximum Gasteiger partial charge on any atom is 0.338 e. The number of hydrogen-bond donors (Lipinski definition) is 1. The molecule has 0 atom stereocenters. The Bertz CT molecular complexity index is 1070. The summed E-state index contributed by atoms with van der Waals surface area (Å²) >= 11 is 1.96. The predicted molar refractivity (Wildman–Crippen MR) is 119 cm³/mol. The molecule has 0 amide bonds. The molecule has 7 nitrogen and oxygen atoms in total. The molecule has 2 aromatic heterocycles. The number of thioether (sulfide) groups is 1. The second-order valence-electron chi connectivity index (χ2n) is 8.04. The van der Waals surface area contributed by atoms with E-state index < -0.39 is 5.97 Å². The Morgan fingerprint density at radius 1 is 1.10 bits per heavy atom. The molecule has 8 heteroatoms. The van der Waals surface area contributed by atoms with Crippen molar-refractivity contribution >= 4 is 34.5 Å². The van der Waals surface area contributed by atoms with E-state index in [1.807, 2.05) is 11.8 Å². The molecule has 30 heavy (non-hydrogen) atoms. The predicted octanol–water partition coefficient (Wildman–Crippen LogP) is 4.11. The molecular weight excluding hydrogens is 398 g/mol. The lowest BCUT2D eigenvalue weighted by atomic mass is 9.84. The molecular formula is C22H25N5O2S. The summed E-state index contributed by atoms with van der Waals surface area (Å²) in [5, 5.41) is 14.5. The number of hydrogen-bond acceptors (Lipinski definition) is 6. The molecule has 1 saturated carbocycles. The van der Waals surface area contributed by atoms with Crippen LogP contribution in [0.1, 0.15) is 53.9 Å². The van der Waals surface area contributed by atoms with E-state index in [-0.39, 0.29) is 5.56 Å². The minimum atomic E-state index is -1.01. The molecule has 1 N–H and O–H groups in total. The molecule has 1 saturated heterocycles. The van der Waals surface area contributed by atoms with Crippen LogP contribution in [0.5, 0.6) is 0 Å². The fourth-order valence-corrected chi connectivity index (χ4v) is 5.37. The lowest BCUT2D eigenvalue weighted by Crippen LogP contribution is -2.33. The van der Waals surface area contributed by atoms with Gasteiger partial charge in [0.25, 0.3) is 5.95 Å². The quantitative estimate of drug-likeness (QED) is 0.676. The van der Waals surface area contributed by atoms with E-state index in [1.54, 1.807) is 0 Å². The summed E-state index contributed by atoms with van der Waals surface area (Å²) in [6, 6.07) is 6.59. The van der Waals surface area contributed by atoms with Crippen molar-refractivity contribution in [3.63, 3.8) is 0 Å². The maximum absolute atomic E-state index is 11.3. The fourth-order valence-electron chi connectivity index (χ4n) is 4.47. The normalized spacial score (nSPS) is 18.1. The van der Waals surface area contributed by atoms with Gasteiger partial charge in [-0.2, -0.15) is 21.8 Å². The molecule has 156 valence electrons. The molecule has 0 bridgehead atoms. The minimum Gasteiger partial charge on any atom is -0.478 e. The van der Waals surface area contributed by atoms with Gasteiger partial charge in [0, 0.05) is 36.2 Å². The van der Waals surface area contributed by atoms with E-state index in [0.717, 1.165) is 41.3 Å². The van der Waals surface area contributed by atoms with Crippen LogP contribution in [0, 0.1) is 0 Å². The summed E-state index contributed by atoms with van der Waals surface area (Å²) < 4.78 is 1.46. The fraction of sp³-hybridized carbons (Fsp3) is 0.455. The van der Waals surface area contributed by atoms with Crippen LogP contribution in [0.4, 0.5) is 5.82 Å². The molecule has 1 aliphatic heterocycles. The van der Waals surface area contributed by atoms with Crippen molar-refractivity contribution < 1.29 is 9.90 Å². The number of rotatable bonds is 4. The van der Waals surface area contributed by atoms with Gasteiger partial charge in [0.15, 0.2) is 0 Å². The number of carbonyl (C=O) groups is 1. The monoisotopic (exact) mass is 423 g/mol. The maximum atomic E-state index is 11.3. The van der Waals surface area contributed by atoms with Crippen molar-refractivity contribution in [1.82, 2.24) is 19.7 Å². The number of nitrogens with zero attached hydrogens (tertiary/aromatic N) is 5. The van der Waals surface area contributed by atoms with E-state index in [2.05, 4.69) is 28.2 Å². The molecule has 1 aliphatic carbocycles. The Morgan fingerprint density at radius 3 is 2.63 bits per heavy atom. The SMILES string of the molecule is O=C(O)c1cnn(-c2nc(N3CCSCC3)c3cc(C4CCCCC4)ccc3n2)c1. The molecule has 0 spiro atoms. The average Bonchev–Trinajstić information content (AvgIpc) is 3.30. The van der Waals surface area contributed by atoms with Gasteiger partial charge in [-0.3, -0.25) is 0 Å². The van der Waals surface area contributed by atoms with E-state index in [0.29, 0.717) is 11.9 Å². The zero-order chi connectivity index (χ0) is 20.5. The van der Waals surface area contributed by atoms with Crippen LogP contribution in [0.15, 0.2) is 30.6 Å². The van der Waals surface area contributed by atoms with Crippen molar-refractivity contribution in [2.45, 2.75) is 38.0 Å². The molecule has 2 fully saturated rings. The van der Waals surface area contributed by atoms with Crippen molar-refractivity contribution in [2.75, 3.05) is 29.5 Å². The largest absolute Gasteiger partial charge is 0.478 e. The highest BCUT2D eigenvalue weighted by Crippen LogP contribution is 2.36. The summed E-state index contributed by atoms with van der Waals surface area (Å²) in [7, 11) is 0. The highest BCUT2D eigenvalue weighted by Gasteiger charge is 2.21. The summed E-state index contributed by atoms with van der Waals surface area (Å²) in [4.78, 5) is 23.2. The number of aromatic nitrogens is 4. The molecule has 3 heterocycles. The van der Waals surface area contributed by atoms with E-state index >= 15 is 0 Å². The van der Waals surface area contributed by atoms with E-state index in [9.17, 15) is 9.90 Å². The van der Waals surface area contributed by atoms with Crippen LogP contribution in [0.3, 0.4) is 0 Å². The van der Waals surface area contributed by atoms with Gasteiger partial charge in [-0.15, -0.1) is 0 Å². The lowest BCUT2D eigenvalue weighted by molar-refractivity contribution is 0.0697. The van der Waals surface area contributed by atoms with Gasteiger partial charge in [-0.1, -0.05) is 25.3 Å². The Balaban J connectivity index is 1.61. The third kappa shape index (κ3) is 3.76. The highest BCUT2D eigenvalue weighted by molar-refractivity contribution is 7.99. The number of anilines is 1. The van der Waals surface area contributed by atoms with Crippen LogP contribution in [0.25, 0.3) is 16.9 Å². The Kier molecular flexibility index (Phi) is 5.33. The van der Waals surface area contributed by atoms with Crippen LogP contribution >= 0.6 is 11.8 Å². The topological polar surface area (TPSA) is 84.1 Å². The number of carboxylic acid groups (broad SMARTS) is 1. The molecule has 0 unspecified atom stereocenters. The second-order valence-corrected chi connectivity index (χ2v) is 9.26. The third-order valence-electron chi connectivity index (χ3n) is 6.11. The van der Waals surface area contributed by atoms with Gasteiger partial charge in [0.1, 0.15) is 5.82 Å². The molecule has 1 aromatic carbocycles.